The van der Waals surface area contributed by atoms with E-state index in [0.717, 1.165) is 77.0 Å². The second-order valence-corrected chi connectivity index (χ2v) is 19.9. The lowest BCUT2D eigenvalue weighted by Crippen LogP contribution is -2.58. The van der Waals surface area contributed by atoms with Crippen LogP contribution >= 0.6 is 0 Å². The number of aliphatic hydroxyl groups excluding tert-OH is 1. The Morgan fingerprint density at radius 3 is 2.13 bits per heavy atom. The van der Waals surface area contributed by atoms with Crippen molar-refractivity contribution in [2.75, 3.05) is 13.2 Å². The first-order chi connectivity index (χ1) is 24.7. The van der Waals surface area contributed by atoms with Gasteiger partial charge in [-0.2, -0.15) is 0 Å². The van der Waals surface area contributed by atoms with Gasteiger partial charge in [0.2, 0.25) is 0 Å². The molecule has 8 nitrogen and oxygen atoms in total. The largest absolute Gasteiger partial charge is 0.463 e. The van der Waals surface area contributed by atoms with Crippen LogP contribution in [0.25, 0.3) is 0 Å². The number of aliphatic hydroxyl groups is 1. The SMILES string of the molecule is CCC(C)C(=O)OC1CC[C@@]2(C)C(C1)CC(O)C1C3CCC(C(C)CCC(=O)OC(C)OCCOC(=O)C45CC6CC(CC(C6)C4)C5)[C@@]3(C)CCC12. The Morgan fingerprint density at radius 1 is 0.808 bits per heavy atom. The van der Waals surface area contributed by atoms with Gasteiger partial charge in [-0.1, -0.05) is 34.6 Å². The van der Waals surface area contributed by atoms with Gasteiger partial charge in [-0.05, 0) is 174 Å². The predicted molar refractivity (Wildman–Crippen MR) is 197 cm³/mol. The van der Waals surface area contributed by atoms with Gasteiger partial charge in [0.25, 0.3) is 0 Å². The van der Waals surface area contributed by atoms with Crippen LogP contribution in [0, 0.1) is 75.4 Å². The van der Waals surface area contributed by atoms with Crippen molar-refractivity contribution in [1.29, 1.82) is 0 Å². The zero-order valence-corrected chi connectivity index (χ0v) is 33.2. The summed E-state index contributed by atoms with van der Waals surface area (Å²) in [6, 6.07) is 0. The molecule has 8 fully saturated rings. The van der Waals surface area contributed by atoms with Crippen LogP contribution in [0.15, 0.2) is 0 Å². The first kappa shape index (κ1) is 38.6. The van der Waals surface area contributed by atoms with E-state index in [0.29, 0.717) is 59.7 Å². The Bertz CT molecular complexity index is 1280. The highest BCUT2D eigenvalue weighted by Crippen LogP contribution is 2.68. The van der Waals surface area contributed by atoms with Crippen LogP contribution in [-0.4, -0.2) is 54.7 Å². The summed E-state index contributed by atoms with van der Waals surface area (Å²) in [6.07, 6.45) is 16.2. The molecule has 294 valence electrons. The molecule has 52 heavy (non-hydrogen) atoms. The monoisotopic (exact) mass is 727 g/mol. The van der Waals surface area contributed by atoms with Crippen LogP contribution in [0.5, 0.6) is 0 Å². The highest BCUT2D eigenvalue weighted by atomic mass is 16.7. The molecule has 0 aromatic rings. The molecule has 8 heteroatoms. The number of carbonyl (C=O) groups is 3. The number of esters is 3. The topological polar surface area (TPSA) is 108 Å². The standard InChI is InChI=1S/C44H70O8/c1-7-26(2)40(47)52-33-12-14-42(5)32(21-33)22-37(45)39-35-10-9-34(43(35,6)15-13-36(39)42)27(3)8-11-38(46)51-28(4)49-16-17-50-41(48)44-23-29-18-30(24-44)20-31(19-29)25-44/h26-37,39,45H,7-25H2,1-6H3/t26?,27?,28?,29?,30?,31?,32?,33?,34?,35?,36?,37?,39?,42-,43+,44?/m0/s1. The summed E-state index contributed by atoms with van der Waals surface area (Å²) in [6.45, 7) is 13.4. The number of fused-ring (bicyclic) bond motifs is 5. The van der Waals surface area contributed by atoms with Crippen molar-refractivity contribution in [3.05, 3.63) is 0 Å². The molecule has 8 aliphatic rings. The van der Waals surface area contributed by atoms with Crippen LogP contribution in [0.3, 0.4) is 0 Å². The summed E-state index contributed by atoms with van der Waals surface area (Å²) in [5.74, 6) is 4.35. The maximum Gasteiger partial charge on any atom is 0.312 e. The van der Waals surface area contributed by atoms with E-state index < -0.39 is 6.29 Å². The molecular weight excluding hydrogens is 656 g/mol. The molecule has 8 rings (SSSR count). The number of hydrogen-bond donors (Lipinski definition) is 1. The van der Waals surface area contributed by atoms with Gasteiger partial charge >= 0.3 is 17.9 Å². The molecule has 0 radical (unpaired) electrons. The van der Waals surface area contributed by atoms with Gasteiger partial charge in [-0.15, -0.1) is 0 Å². The number of rotatable bonds is 13. The van der Waals surface area contributed by atoms with Gasteiger partial charge < -0.3 is 24.1 Å². The van der Waals surface area contributed by atoms with Crippen LogP contribution in [0.4, 0.5) is 0 Å². The minimum absolute atomic E-state index is 0.0179. The summed E-state index contributed by atoms with van der Waals surface area (Å²) in [5.41, 5.74) is 0.0938. The van der Waals surface area contributed by atoms with Crippen molar-refractivity contribution < 1.29 is 38.4 Å². The summed E-state index contributed by atoms with van der Waals surface area (Å²) in [4.78, 5) is 38.6. The van der Waals surface area contributed by atoms with Gasteiger partial charge in [-0.3, -0.25) is 14.4 Å². The highest BCUT2D eigenvalue weighted by molar-refractivity contribution is 5.77. The molecule has 0 aromatic heterocycles. The second-order valence-electron chi connectivity index (χ2n) is 19.9. The lowest BCUT2D eigenvalue weighted by molar-refractivity contribution is -0.185. The first-order valence-corrected chi connectivity index (χ1v) is 21.6. The maximum absolute atomic E-state index is 13.1. The zero-order chi connectivity index (χ0) is 37.0. The lowest BCUT2D eigenvalue weighted by Gasteiger charge is -2.62. The van der Waals surface area contributed by atoms with E-state index in [-0.39, 0.29) is 65.5 Å². The van der Waals surface area contributed by atoms with E-state index in [1.165, 1.54) is 25.7 Å². The fourth-order valence-corrected chi connectivity index (χ4v) is 14.4. The van der Waals surface area contributed by atoms with Crippen LogP contribution in [-0.2, 0) is 33.3 Å². The molecule has 0 spiro atoms. The Kier molecular flexibility index (Phi) is 11.2. The summed E-state index contributed by atoms with van der Waals surface area (Å²) in [5, 5.41) is 11.8. The first-order valence-electron chi connectivity index (χ1n) is 21.6. The molecule has 10 unspecified atom stereocenters. The molecule has 8 saturated carbocycles. The molecule has 12 atom stereocenters. The molecule has 0 aliphatic heterocycles. The third kappa shape index (κ3) is 7.23. The van der Waals surface area contributed by atoms with Crippen LogP contribution < -0.4 is 0 Å². The smallest absolute Gasteiger partial charge is 0.312 e. The summed E-state index contributed by atoms with van der Waals surface area (Å²) < 4.78 is 23.1. The fraction of sp³-hybridized carbons (Fsp3) is 0.932. The highest BCUT2D eigenvalue weighted by Gasteiger charge is 2.63. The molecular formula is C44H70O8. The van der Waals surface area contributed by atoms with Gasteiger partial charge in [0, 0.05) is 6.42 Å². The minimum Gasteiger partial charge on any atom is -0.463 e. The van der Waals surface area contributed by atoms with Gasteiger partial charge in [0.1, 0.15) is 12.7 Å². The van der Waals surface area contributed by atoms with E-state index in [4.69, 9.17) is 18.9 Å². The normalized spacial score (nSPS) is 44.8. The number of ether oxygens (including phenoxy) is 4. The summed E-state index contributed by atoms with van der Waals surface area (Å²) >= 11 is 0. The molecule has 8 aliphatic carbocycles. The van der Waals surface area contributed by atoms with E-state index >= 15 is 0 Å². The van der Waals surface area contributed by atoms with Crippen molar-refractivity contribution in [3.63, 3.8) is 0 Å². The van der Waals surface area contributed by atoms with E-state index in [9.17, 15) is 19.5 Å². The zero-order valence-electron chi connectivity index (χ0n) is 33.2. The third-order valence-electron chi connectivity index (χ3n) is 16.9. The molecule has 4 bridgehead atoms. The quantitative estimate of drug-likeness (QED) is 0.0870. The van der Waals surface area contributed by atoms with Crippen LogP contribution in [0.1, 0.15) is 151 Å². The van der Waals surface area contributed by atoms with Crippen molar-refractivity contribution in [2.45, 2.75) is 169 Å². The number of hydrogen-bond acceptors (Lipinski definition) is 8. The fourth-order valence-electron chi connectivity index (χ4n) is 14.4. The van der Waals surface area contributed by atoms with Gasteiger partial charge in [0.05, 0.1) is 24.0 Å². The van der Waals surface area contributed by atoms with Crippen molar-refractivity contribution in [2.24, 2.45) is 75.4 Å². The van der Waals surface area contributed by atoms with E-state index in [2.05, 4.69) is 20.8 Å². The predicted octanol–water partition coefficient (Wildman–Crippen LogP) is 8.66. The average molecular weight is 727 g/mol. The van der Waals surface area contributed by atoms with Gasteiger partial charge in [-0.25, -0.2) is 0 Å². The molecule has 1 N–H and O–H groups in total. The lowest BCUT2D eigenvalue weighted by atomic mass is 9.43. The van der Waals surface area contributed by atoms with Gasteiger partial charge in [0.15, 0.2) is 6.29 Å². The van der Waals surface area contributed by atoms with E-state index in [1.54, 1.807) is 6.92 Å². The minimum atomic E-state index is -0.676. The molecule has 0 aromatic carbocycles. The Hall–Kier alpha value is -1.67. The maximum atomic E-state index is 13.1. The Balaban J connectivity index is 0.847. The van der Waals surface area contributed by atoms with Crippen LogP contribution in [0.2, 0.25) is 0 Å². The molecule has 0 saturated heterocycles. The van der Waals surface area contributed by atoms with Crippen molar-refractivity contribution in [1.82, 2.24) is 0 Å². The third-order valence-corrected chi connectivity index (χ3v) is 16.9. The Labute approximate surface area is 313 Å². The summed E-state index contributed by atoms with van der Waals surface area (Å²) in [7, 11) is 0. The number of carbonyl (C=O) groups excluding carboxylic acids is 3. The van der Waals surface area contributed by atoms with Crippen molar-refractivity contribution >= 4 is 17.9 Å². The van der Waals surface area contributed by atoms with E-state index in [1.807, 2.05) is 13.8 Å². The van der Waals surface area contributed by atoms with Crippen molar-refractivity contribution in [3.8, 4) is 0 Å². The Morgan fingerprint density at radius 2 is 1.46 bits per heavy atom. The average Bonchev–Trinajstić information content (AvgIpc) is 3.45. The second kappa shape index (κ2) is 15.1. The molecule has 0 heterocycles. The molecule has 0 amide bonds.